The van der Waals surface area contributed by atoms with Gasteiger partial charge >= 0.3 is 0 Å². The van der Waals surface area contributed by atoms with E-state index in [0.29, 0.717) is 0 Å². The van der Waals surface area contributed by atoms with Crippen molar-refractivity contribution in [2.45, 2.75) is 34.1 Å². The van der Waals surface area contributed by atoms with Crippen LogP contribution in [0.15, 0.2) is 35.3 Å². The van der Waals surface area contributed by atoms with Crippen LogP contribution in [0, 0.1) is 13.8 Å². The Bertz CT molecular complexity index is 337. The second-order valence-corrected chi connectivity index (χ2v) is 4.15. The highest BCUT2D eigenvalue weighted by molar-refractivity contribution is 5.52. The highest BCUT2D eigenvalue weighted by Gasteiger charge is 1.95. The van der Waals surface area contributed by atoms with Gasteiger partial charge in [0.25, 0.3) is 0 Å². The number of aryl methyl sites for hydroxylation is 2. The first kappa shape index (κ1) is 14.6. The molecule has 0 saturated heterocycles. The van der Waals surface area contributed by atoms with Gasteiger partial charge in [-0.3, -0.25) is 0 Å². The van der Waals surface area contributed by atoms with Crippen LogP contribution in [-0.2, 0) is 6.42 Å². The van der Waals surface area contributed by atoms with Crippen molar-refractivity contribution >= 4 is 6.21 Å². The number of benzene rings is 1. The molecule has 0 amide bonds. The number of rotatable bonds is 2. The highest BCUT2D eigenvalue weighted by Crippen LogP contribution is 2.11. The van der Waals surface area contributed by atoms with Gasteiger partial charge in [-0.1, -0.05) is 41.5 Å². The van der Waals surface area contributed by atoms with Crippen molar-refractivity contribution in [1.29, 1.82) is 0 Å². The first-order valence-electron chi connectivity index (χ1n) is 5.58. The Labute approximate surface area is 99.9 Å². The molecular formula is C15H23N. The van der Waals surface area contributed by atoms with E-state index in [4.69, 9.17) is 0 Å². The lowest BCUT2D eigenvalue weighted by Gasteiger charge is -2.03. The van der Waals surface area contributed by atoms with Crippen molar-refractivity contribution in [3.05, 3.63) is 47.0 Å². The fraction of sp³-hybridized carbons (Fsp3) is 0.400. The number of hydrogen-bond acceptors (Lipinski definition) is 1. The fourth-order valence-electron chi connectivity index (χ4n) is 1.52. The molecule has 1 rings (SSSR count). The number of aliphatic imine (C=N–C) groups is 1. The van der Waals surface area contributed by atoms with E-state index in [1.54, 1.807) is 13.3 Å². The molecule has 0 aliphatic heterocycles. The van der Waals surface area contributed by atoms with Gasteiger partial charge in [0.15, 0.2) is 0 Å². The van der Waals surface area contributed by atoms with Crippen LogP contribution in [0.3, 0.4) is 0 Å². The standard InChI is InChI=1S/C12H16.C3H7N/c1-9(2)5-12-7-10(3)6-11(4)8-12;1-3-4-2/h6-8H,1,5H2,2-4H3;3H,1-2H3. The monoisotopic (exact) mass is 217 g/mol. The maximum absolute atomic E-state index is 3.91. The molecule has 0 saturated carbocycles. The normalized spacial score (nSPS) is 9.81. The van der Waals surface area contributed by atoms with Crippen LogP contribution in [0.1, 0.15) is 30.5 Å². The summed E-state index contributed by atoms with van der Waals surface area (Å²) in [5.74, 6) is 0. The Kier molecular flexibility index (Phi) is 7.19. The zero-order valence-electron chi connectivity index (χ0n) is 11.2. The van der Waals surface area contributed by atoms with Crippen LogP contribution in [0.2, 0.25) is 0 Å². The minimum absolute atomic E-state index is 1.00. The van der Waals surface area contributed by atoms with Crippen molar-refractivity contribution in [3.8, 4) is 0 Å². The van der Waals surface area contributed by atoms with E-state index < -0.39 is 0 Å². The summed E-state index contributed by atoms with van der Waals surface area (Å²) in [6.07, 6.45) is 2.75. The van der Waals surface area contributed by atoms with Crippen molar-refractivity contribution < 1.29 is 0 Å². The summed E-state index contributed by atoms with van der Waals surface area (Å²) in [7, 11) is 1.75. The molecule has 1 aromatic rings. The number of hydrogen-bond donors (Lipinski definition) is 0. The molecule has 0 spiro atoms. The van der Waals surface area contributed by atoms with Gasteiger partial charge in [0.05, 0.1) is 0 Å². The summed E-state index contributed by atoms with van der Waals surface area (Å²) in [5.41, 5.74) is 5.28. The van der Waals surface area contributed by atoms with Crippen molar-refractivity contribution in [2.24, 2.45) is 4.99 Å². The average Bonchev–Trinajstić information content (AvgIpc) is 2.15. The second-order valence-electron chi connectivity index (χ2n) is 4.15. The predicted molar refractivity (Wildman–Crippen MR) is 74.5 cm³/mol. The lowest BCUT2D eigenvalue weighted by molar-refractivity contribution is 1.14. The molecule has 1 heteroatoms. The highest BCUT2D eigenvalue weighted by atomic mass is 14.6. The summed E-state index contributed by atoms with van der Waals surface area (Å²) in [5, 5.41) is 0. The molecule has 1 aromatic carbocycles. The predicted octanol–water partition coefficient (Wildman–Crippen LogP) is 4.13. The molecule has 0 bridgehead atoms. The van der Waals surface area contributed by atoms with Crippen molar-refractivity contribution in [1.82, 2.24) is 0 Å². The summed E-state index contributed by atoms with van der Waals surface area (Å²) in [4.78, 5) is 3.61. The lowest BCUT2D eigenvalue weighted by atomic mass is 10.0. The average molecular weight is 217 g/mol. The molecule has 0 unspecified atom stereocenters. The first-order valence-corrected chi connectivity index (χ1v) is 5.58. The molecule has 88 valence electrons. The summed E-state index contributed by atoms with van der Waals surface area (Å²) in [6, 6.07) is 6.64. The smallest absolute Gasteiger partial charge is 0.0273 e. The molecule has 0 fully saturated rings. The number of nitrogens with zero attached hydrogens (tertiary/aromatic N) is 1. The van der Waals surface area contributed by atoms with E-state index in [9.17, 15) is 0 Å². The third-order valence-corrected chi connectivity index (χ3v) is 2.05. The van der Waals surface area contributed by atoms with Crippen molar-refractivity contribution in [2.75, 3.05) is 7.05 Å². The molecule has 0 heterocycles. The summed E-state index contributed by atoms with van der Waals surface area (Å²) in [6.45, 7) is 12.1. The van der Waals surface area contributed by atoms with E-state index >= 15 is 0 Å². The van der Waals surface area contributed by atoms with Gasteiger partial charge in [0.2, 0.25) is 0 Å². The molecule has 1 nitrogen and oxygen atoms in total. The van der Waals surface area contributed by atoms with Crippen LogP contribution in [0.25, 0.3) is 0 Å². The largest absolute Gasteiger partial charge is 0.301 e. The van der Waals surface area contributed by atoms with E-state index in [1.807, 2.05) is 6.92 Å². The fourth-order valence-corrected chi connectivity index (χ4v) is 1.52. The molecule has 0 atom stereocenters. The van der Waals surface area contributed by atoms with Crippen molar-refractivity contribution in [3.63, 3.8) is 0 Å². The Hall–Kier alpha value is -1.37. The second kappa shape index (κ2) is 7.86. The van der Waals surface area contributed by atoms with Gasteiger partial charge in [0.1, 0.15) is 0 Å². The number of allylic oxidation sites excluding steroid dienone is 1. The van der Waals surface area contributed by atoms with Gasteiger partial charge in [-0.05, 0) is 45.9 Å². The van der Waals surface area contributed by atoms with Crippen LogP contribution in [-0.4, -0.2) is 13.3 Å². The molecular weight excluding hydrogens is 194 g/mol. The van der Waals surface area contributed by atoms with E-state index in [2.05, 4.69) is 50.5 Å². The third-order valence-electron chi connectivity index (χ3n) is 2.05. The maximum Gasteiger partial charge on any atom is 0.0273 e. The molecule has 0 aliphatic rings. The van der Waals surface area contributed by atoms with Gasteiger partial charge in [-0.15, -0.1) is 0 Å². The molecule has 16 heavy (non-hydrogen) atoms. The lowest BCUT2D eigenvalue weighted by Crippen LogP contribution is -1.88. The first-order chi connectivity index (χ1) is 7.49. The topological polar surface area (TPSA) is 12.4 Å². The van der Waals surface area contributed by atoms with Gasteiger partial charge in [-0.25, -0.2) is 0 Å². The minimum Gasteiger partial charge on any atom is -0.301 e. The van der Waals surface area contributed by atoms with Gasteiger partial charge < -0.3 is 4.99 Å². The Morgan fingerprint density at radius 2 is 1.69 bits per heavy atom. The Morgan fingerprint density at radius 3 is 2.00 bits per heavy atom. The Morgan fingerprint density at radius 1 is 1.25 bits per heavy atom. The zero-order chi connectivity index (χ0) is 12.6. The van der Waals surface area contributed by atoms with Crippen LogP contribution in [0.5, 0.6) is 0 Å². The van der Waals surface area contributed by atoms with E-state index in [1.165, 1.54) is 22.3 Å². The van der Waals surface area contributed by atoms with Crippen LogP contribution in [0.4, 0.5) is 0 Å². The SMILES string of the molecule is C=C(C)Cc1cc(C)cc(C)c1.CC=NC. The Balaban J connectivity index is 0.000000487. The summed E-state index contributed by atoms with van der Waals surface area (Å²) < 4.78 is 0. The third kappa shape index (κ3) is 6.99. The molecule has 0 aromatic heterocycles. The summed E-state index contributed by atoms with van der Waals surface area (Å²) >= 11 is 0. The quantitative estimate of drug-likeness (QED) is 0.522. The molecule has 0 radical (unpaired) electrons. The zero-order valence-corrected chi connectivity index (χ0v) is 11.2. The maximum atomic E-state index is 3.91. The van der Waals surface area contributed by atoms with Crippen LogP contribution >= 0.6 is 0 Å². The van der Waals surface area contributed by atoms with Gasteiger partial charge in [0, 0.05) is 7.05 Å². The van der Waals surface area contributed by atoms with Crippen LogP contribution < -0.4 is 0 Å². The molecule has 0 aliphatic carbocycles. The van der Waals surface area contributed by atoms with E-state index in [0.717, 1.165) is 6.42 Å². The van der Waals surface area contributed by atoms with E-state index in [-0.39, 0.29) is 0 Å². The van der Waals surface area contributed by atoms with Gasteiger partial charge in [-0.2, -0.15) is 0 Å². The minimum atomic E-state index is 1.00. The molecule has 0 N–H and O–H groups in total.